The number of rotatable bonds is 7. The number of aliphatic carboxylic acids is 1. The van der Waals surface area contributed by atoms with Crippen LogP contribution in [0.3, 0.4) is 0 Å². The van der Waals surface area contributed by atoms with Crippen LogP contribution >= 0.6 is 0 Å². The van der Waals surface area contributed by atoms with Gasteiger partial charge < -0.3 is 14.6 Å². The summed E-state index contributed by atoms with van der Waals surface area (Å²) in [5.41, 5.74) is -0.189. The zero-order valence-electron chi connectivity index (χ0n) is 10.7. The molecule has 0 aliphatic carbocycles. The molecule has 0 spiro atoms. The van der Waals surface area contributed by atoms with Gasteiger partial charge in [0.2, 0.25) is 0 Å². The highest BCUT2D eigenvalue weighted by molar-refractivity contribution is 5.66. The van der Waals surface area contributed by atoms with Gasteiger partial charge in [0.05, 0.1) is 24.2 Å². The third-order valence-corrected chi connectivity index (χ3v) is 2.45. The summed E-state index contributed by atoms with van der Waals surface area (Å²) in [5.74, 6) is -0.447. The topological polar surface area (TPSA) is 98.9 Å². The van der Waals surface area contributed by atoms with Crippen molar-refractivity contribution in [2.45, 2.75) is 25.9 Å². The van der Waals surface area contributed by atoms with Crippen LogP contribution in [0.2, 0.25) is 0 Å². The Kier molecular flexibility index (Phi) is 5.11. The molecule has 7 heteroatoms. The summed E-state index contributed by atoms with van der Waals surface area (Å²) < 4.78 is 10.3. The smallest absolute Gasteiger partial charge is 0.314 e. The van der Waals surface area contributed by atoms with Gasteiger partial charge in [-0.15, -0.1) is 0 Å². The lowest BCUT2D eigenvalue weighted by Crippen LogP contribution is -2.13. The van der Waals surface area contributed by atoms with Gasteiger partial charge in [0, 0.05) is 6.42 Å². The molecule has 0 amide bonds. The van der Waals surface area contributed by atoms with Crippen molar-refractivity contribution in [1.29, 1.82) is 0 Å². The Labute approximate surface area is 109 Å². The highest BCUT2D eigenvalue weighted by atomic mass is 16.6. The minimum absolute atomic E-state index is 0.0145. The second kappa shape index (κ2) is 6.58. The van der Waals surface area contributed by atoms with Crippen molar-refractivity contribution in [2.75, 3.05) is 7.11 Å². The van der Waals surface area contributed by atoms with Crippen molar-refractivity contribution in [3.8, 4) is 11.5 Å². The normalized spacial score (nSPS) is 11.7. The van der Waals surface area contributed by atoms with E-state index in [1.54, 1.807) is 13.0 Å². The van der Waals surface area contributed by atoms with Gasteiger partial charge in [-0.05, 0) is 25.5 Å². The number of nitro benzene ring substituents is 1. The van der Waals surface area contributed by atoms with Gasteiger partial charge in [-0.1, -0.05) is 0 Å². The third kappa shape index (κ3) is 4.46. The lowest BCUT2D eigenvalue weighted by atomic mass is 10.2. The Morgan fingerprint density at radius 2 is 2.21 bits per heavy atom. The number of ether oxygens (including phenoxy) is 2. The first-order valence-electron chi connectivity index (χ1n) is 5.65. The monoisotopic (exact) mass is 269 g/mol. The summed E-state index contributed by atoms with van der Waals surface area (Å²) in [7, 11) is 1.35. The molecule has 7 nitrogen and oxygen atoms in total. The molecule has 1 unspecified atom stereocenters. The number of hydrogen-bond donors (Lipinski definition) is 1. The summed E-state index contributed by atoms with van der Waals surface area (Å²) in [4.78, 5) is 20.7. The Balaban J connectivity index is 2.76. The van der Waals surface area contributed by atoms with Crippen molar-refractivity contribution in [2.24, 2.45) is 0 Å². The maximum atomic E-state index is 10.8. The van der Waals surface area contributed by atoms with Crippen LogP contribution in [-0.2, 0) is 4.79 Å². The van der Waals surface area contributed by atoms with E-state index >= 15 is 0 Å². The van der Waals surface area contributed by atoms with Crippen molar-refractivity contribution >= 4 is 11.7 Å². The average Bonchev–Trinajstić information content (AvgIpc) is 2.36. The van der Waals surface area contributed by atoms with E-state index in [0.29, 0.717) is 12.2 Å². The lowest BCUT2D eigenvalue weighted by molar-refractivity contribution is -0.385. The first-order valence-corrected chi connectivity index (χ1v) is 5.65. The quantitative estimate of drug-likeness (QED) is 0.602. The number of hydrogen-bond acceptors (Lipinski definition) is 5. The van der Waals surface area contributed by atoms with E-state index in [0.717, 1.165) is 0 Å². The van der Waals surface area contributed by atoms with Gasteiger partial charge in [-0.3, -0.25) is 14.9 Å². The maximum absolute atomic E-state index is 10.8. The van der Waals surface area contributed by atoms with Gasteiger partial charge in [0.1, 0.15) is 5.75 Å². The molecule has 0 aromatic heterocycles. The molecular formula is C12H15NO6. The Morgan fingerprint density at radius 1 is 1.53 bits per heavy atom. The molecular weight excluding hydrogens is 254 g/mol. The van der Waals surface area contributed by atoms with Crippen LogP contribution in [0.15, 0.2) is 18.2 Å². The second-order valence-electron chi connectivity index (χ2n) is 3.95. The molecule has 0 saturated carbocycles. The molecule has 0 aliphatic heterocycles. The first-order chi connectivity index (χ1) is 8.93. The maximum Gasteiger partial charge on any atom is 0.314 e. The predicted molar refractivity (Wildman–Crippen MR) is 66.6 cm³/mol. The number of benzene rings is 1. The van der Waals surface area contributed by atoms with Crippen LogP contribution in [0.4, 0.5) is 5.69 Å². The standard InChI is InChI=1S/C12H15NO6/c1-8(3-6-12(14)15)19-9-4-5-11(18-2)10(7-9)13(16)17/h4-5,7-8H,3,6H2,1-2H3,(H,14,15). The van der Waals surface area contributed by atoms with Crippen LogP contribution in [0.5, 0.6) is 11.5 Å². The third-order valence-electron chi connectivity index (χ3n) is 2.45. The summed E-state index contributed by atoms with van der Waals surface area (Å²) in [6, 6.07) is 4.25. The van der Waals surface area contributed by atoms with E-state index < -0.39 is 10.9 Å². The molecule has 19 heavy (non-hydrogen) atoms. The molecule has 1 rings (SSSR count). The highest BCUT2D eigenvalue weighted by Crippen LogP contribution is 2.31. The zero-order chi connectivity index (χ0) is 14.4. The van der Waals surface area contributed by atoms with E-state index in [2.05, 4.69) is 0 Å². The fourth-order valence-corrected chi connectivity index (χ4v) is 1.50. The fourth-order valence-electron chi connectivity index (χ4n) is 1.50. The van der Waals surface area contributed by atoms with E-state index in [1.807, 2.05) is 0 Å². The predicted octanol–water partition coefficient (Wildman–Crippen LogP) is 2.24. The van der Waals surface area contributed by atoms with E-state index in [-0.39, 0.29) is 24.0 Å². The molecule has 1 N–H and O–H groups in total. The number of nitro groups is 1. The lowest BCUT2D eigenvalue weighted by Gasteiger charge is -2.14. The van der Waals surface area contributed by atoms with Crippen molar-refractivity contribution in [3.05, 3.63) is 28.3 Å². The van der Waals surface area contributed by atoms with Crippen molar-refractivity contribution < 1.29 is 24.3 Å². The SMILES string of the molecule is COc1ccc(OC(C)CCC(=O)O)cc1[N+](=O)[O-]. The summed E-state index contributed by atoms with van der Waals surface area (Å²) in [6.45, 7) is 1.71. The minimum Gasteiger partial charge on any atom is -0.490 e. The summed E-state index contributed by atoms with van der Waals surface area (Å²) in [6.07, 6.45) is -0.0294. The molecule has 0 heterocycles. The van der Waals surface area contributed by atoms with Crippen molar-refractivity contribution in [3.63, 3.8) is 0 Å². The number of carboxylic acids is 1. The molecule has 0 radical (unpaired) electrons. The number of carbonyl (C=O) groups is 1. The van der Waals surface area contributed by atoms with Gasteiger partial charge in [-0.2, -0.15) is 0 Å². The molecule has 0 bridgehead atoms. The van der Waals surface area contributed by atoms with Crippen LogP contribution < -0.4 is 9.47 Å². The van der Waals surface area contributed by atoms with Crippen LogP contribution in [0.1, 0.15) is 19.8 Å². The number of methoxy groups -OCH3 is 1. The Bertz CT molecular complexity index is 473. The van der Waals surface area contributed by atoms with Crippen LogP contribution in [0.25, 0.3) is 0 Å². The second-order valence-corrected chi connectivity index (χ2v) is 3.95. The van der Waals surface area contributed by atoms with Crippen molar-refractivity contribution in [1.82, 2.24) is 0 Å². The molecule has 0 fully saturated rings. The number of nitrogens with zero attached hydrogens (tertiary/aromatic N) is 1. The summed E-state index contributed by atoms with van der Waals surface area (Å²) in [5, 5.41) is 19.4. The molecule has 1 aromatic carbocycles. The molecule has 0 aliphatic rings. The highest BCUT2D eigenvalue weighted by Gasteiger charge is 2.17. The molecule has 0 saturated heterocycles. The Hall–Kier alpha value is -2.31. The molecule has 1 atom stereocenters. The van der Waals surface area contributed by atoms with E-state index in [9.17, 15) is 14.9 Å². The largest absolute Gasteiger partial charge is 0.490 e. The summed E-state index contributed by atoms with van der Waals surface area (Å²) >= 11 is 0. The van der Waals surface area contributed by atoms with E-state index in [4.69, 9.17) is 14.6 Å². The van der Waals surface area contributed by atoms with Gasteiger partial charge in [-0.25, -0.2) is 0 Å². The Morgan fingerprint density at radius 3 is 2.74 bits per heavy atom. The van der Waals surface area contributed by atoms with Gasteiger partial charge in [0.25, 0.3) is 0 Å². The van der Waals surface area contributed by atoms with Crippen LogP contribution in [0, 0.1) is 10.1 Å². The molecule has 1 aromatic rings. The number of carboxylic acid groups (broad SMARTS) is 1. The first kappa shape index (κ1) is 14.7. The molecule has 104 valence electrons. The van der Waals surface area contributed by atoms with Crippen LogP contribution in [-0.4, -0.2) is 29.2 Å². The minimum atomic E-state index is -0.906. The van der Waals surface area contributed by atoms with E-state index in [1.165, 1.54) is 19.2 Å². The fraction of sp³-hybridized carbons (Fsp3) is 0.417. The van der Waals surface area contributed by atoms with Gasteiger partial charge in [0.15, 0.2) is 5.75 Å². The zero-order valence-corrected chi connectivity index (χ0v) is 10.7. The average molecular weight is 269 g/mol. The van der Waals surface area contributed by atoms with Gasteiger partial charge >= 0.3 is 11.7 Å².